The first-order valence-electron chi connectivity index (χ1n) is 9.28. The molecule has 1 aromatic carbocycles. The molecule has 0 saturated carbocycles. The van der Waals surface area contributed by atoms with Crippen LogP contribution in [0.3, 0.4) is 0 Å². The van der Waals surface area contributed by atoms with Crippen molar-refractivity contribution in [2.45, 2.75) is 57.1 Å². The third kappa shape index (κ3) is 7.12. The average Bonchev–Trinajstić information content (AvgIpc) is 2.65. The minimum atomic E-state index is -0.928. The summed E-state index contributed by atoms with van der Waals surface area (Å²) in [5, 5.41) is 0. The molecule has 160 valence electrons. The van der Waals surface area contributed by atoms with Gasteiger partial charge in [-0.25, -0.2) is 0 Å². The summed E-state index contributed by atoms with van der Waals surface area (Å²) in [6.07, 6.45) is -3.27. The van der Waals surface area contributed by atoms with Crippen LogP contribution in [0.25, 0.3) is 0 Å². The van der Waals surface area contributed by atoms with Gasteiger partial charge >= 0.3 is 176 Å². The normalized spacial score (nSPS) is 26.4. The van der Waals surface area contributed by atoms with Crippen LogP contribution in [0.4, 0.5) is 0 Å². The Morgan fingerprint density at radius 3 is 2.14 bits per heavy atom. The molecule has 0 aromatic heterocycles. The Morgan fingerprint density at radius 1 is 0.966 bits per heavy atom. The van der Waals surface area contributed by atoms with Gasteiger partial charge in [0.2, 0.25) is 0 Å². The van der Waals surface area contributed by atoms with Crippen molar-refractivity contribution >= 4 is 37.3 Å². The van der Waals surface area contributed by atoms with Gasteiger partial charge in [-0.3, -0.25) is 0 Å². The zero-order valence-corrected chi connectivity index (χ0v) is 18.6. The van der Waals surface area contributed by atoms with Gasteiger partial charge in [-0.1, -0.05) is 0 Å². The second kappa shape index (κ2) is 11.3. The Kier molecular flexibility index (Phi) is 9.10. The molecule has 0 amide bonds. The molecule has 9 heteroatoms. The molecular formula is C20H26O8Se. The number of rotatable bonds is 8. The Bertz CT molecular complexity index is 695. The fourth-order valence-electron chi connectivity index (χ4n) is 2.95. The molecule has 1 aliphatic rings. The Morgan fingerprint density at radius 2 is 1.59 bits per heavy atom. The second-order valence-corrected chi connectivity index (χ2v) is 8.97. The van der Waals surface area contributed by atoms with Gasteiger partial charge in [0.05, 0.1) is 0 Å². The van der Waals surface area contributed by atoms with Crippen molar-refractivity contribution in [1.82, 2.24) is 0 Å². The third-order valence-corrected chi connectivity index (χ3v) is 6.73. The van der Waals surface area contributed by atoms with E-state index in [2.05, 4.69) is 0 Å². The van der Waals surface area contributed by atoms with Crippen LogP contribution in [0.15, 0.2) is 30.3 Å². The van der Waals surface area contributed by atoms with E-state index in [9.17, 15) is 14.4 Å². The molecular weight excluding hydrogens is 447 g/mol. The molecule has 1 aliphatic heterocycles. The van der Waals surface area contributed by atoms with Crippen LogP contribution in [0.2, 0.25) is 4.82 Å². The van der Waals surface area contributed by atoms with E-state index in [1.54, 1.807) is 0 Å². The Balaban J connectivity index is 2.38. The first-order chi connectivity index (χ1) is 13.8. The van der Waals surface area contributed by atoms with Gasteiger partial charge in [0, 0.05) is 0 Å². The number of esters is 3. The number of benzene rings is 1. The van der Waals surface area contributed by atoms with Crippen LogP contribution in [-0.4, -0.2) is 70.7 Å². The van der Waals surface area contributed by atoms with Crippen LogP contribution >= 0.6 is 0 Å². The van der Waals surface area contributed by atoms with Crippen LogP contribution in [0.1, 0.15) is 27.7 Å². The molecule has 2 rings (SSSR count). The summed E-state index contributed by atoms with van der Waals surface area (Å²) in [7, 11) is 0. The molecule has 8 nitrogen and oxygen atoms in total. The first-order valence-corrected chi connectivity index (χ1v) is 11.1. The molecule has 1 heterocycles. The summed E-state index contributed by atoms with van der Waals surface area (Å²) in [6, 6.07) is 9.70. The van der Waals surface area contributed by atoms with E-state index in [0.717, 1.165) is 4.46 Å². The monoisotopic (exact) mass is 474 g/mol. The van der Waals surface area contributed by atoms with Crippen LogP contribution in [-0.2, 0) is 38.1 Å². The summed E-state index contributed by atoms with van der Waals surface area (Å²) >= 11 is -0.216. The predicted molar refractivity (Wildman–Crippen MR) is 104 cm³/mol. The molecule has 0 N–H and O–H groups in total. The number of carbonyl (C=O) groups is 3. The standard InChI is InChI=1S/C20H26O8Se/c1-5-24-20-19(29-15-9-7-6-8-10-15)18(27-14(4)23)17(26-13(3)22)16(28-20)11-25-12(2)21/h6-10,16-20H,5,11H2,1-4H3/t16-,17-,18+,19+,20-/m1/s1. The van der Waals surface area contributed by atoms with E-state index >= 15 is 0 Å². The zero-order chi connectivity index (χ0) is 21.4. The van der Waals surface area contributed by atoms with Crippen molar-refractivity contribution in [3.05, 3.63) is 30.3 Å². The van der Waals surface area contributed by atoms with Crippen LogP contribution in [0, 0.1) is 0 Å². The third-order valence-electron chi connectivity index (χ3n) is 3.99. The van der Waals surface area contributed by atoms with Gasteiger partial charge < -0.3 is 0 Å². The zero-order valence-electron chi connectivity index (χ0n) is 16.9. The average molecular weight is 473 g/mol. The molecule has 0 bridgehead atoms. The van der Waals surface area contributed by atoms with Gasteiger partial charge in [-0.05, 0) is 0 Å². The molecule has 1 fully saturated rings. The molecule has 1 aromatic rings. The van der Waals surface area contributed by atoms with E-state index < -0.39 is 42.5 Å². The van der Waals surface area contributed by atoms with Gasteiger partial charge in [0.1, 0.15) is 0 Å². The summed E-state index contributed by atoms with van der Waals surface area (Å²) < 4.78 is 29.0. The number of carbonyl (C=O) groups excluding carboxylic acids is 3. The van der Waals surface area contributed by atoms with Crippen molar-refractivity contribution in [1.29, 1.82) is 0 Å². The number of hydrogen-bond donors (Lipinski definition) is 0. The van der Waals surface area contributed by atoms with Crippen molar-refractivity contribution in [2.24, 2.45) is 0 Å². The Hall–Kier alpha value is -1.93. The Labute approximate surface area is 176 Å². The quantitative estimate of drug-likeness (QED) is 0.313. The van der Waals surface area contributed by atoms with Gasteiger partial charge in [0.15, 0.2) is 0 Å². The van der Waals surface area contributed by atoms with E-state index in [0.29, 0.717) is 6.61 Å². The van der Waals surface area contributed by atoms with E-state index in [4.69, 9.17) is 23.7 Å². The van der Waals surface area contributed by atoms with Crippen LogP contribution < -0.4 is 4.46 Å². The van der Waals surface area contributed by atoms with Crippen molar-refractivity contribution in [2.75, 3.05) is 13.2 Å². The first kappa shape index (κ1) is 23.3. The maximum atomic E-state index is 11.9. The predicted octanol–water partition coefficient (Wildman–Crippen LogP) is 0.993. The summed E-state index contributed by atoms with van der Waals surface area (Å²) in [4.78, 5) is 34.5. The molecule has 29 heavy (non-hydrogen) atoms. The topological polar surface area (TPSA) is 97.4 Å². The summed E-state index contributed by atoms with van der Waals surface area (Å²) in [6.45, 7) is 5.88. The SMILES string of the molecule is CCO[C@@H]1O[C@H](COC(C)=O)[C@@H](OC(C)=O)[C@H](OC(C)=O)[C@@H]1[Se]c1ccccc1. The fraction of sp³-hybridized carbons (Fsp3) is 0.550. The summed E-state index contributed by atoms with van der Waals surface area (Å²) in [5.41, 5.74) is 0. The molecule has 0 spiro atoms. The molecule has 0 radical (unpaired) electrons. The van der Waals surface area contributed by atoms with Crippen molar-refractivity contribution in [3.63, 3.8) is 0 Å². The van der Waals surface area contributed by atoms with Crippen molar-refractivity contribution < 1.29 is 38.1 Å². The summed E-state index contributed by atoms with van der Waals surface area (Å²) in [5.74, 6) is -1.56. The molecule has 0 unspecified atom stereocenters. The molecule has 0 aliphatic carbocycles. The molecule has 1 saturated heterocycles. The van der Waals surface area contributed by atoms with E-state index in [-0.39, 0.29) is 26.4 Å². The number of hydrogen-bond acceptors (Lipinski definition) is 8. The number of ether oxygens (including phenoxy) is 5. The van der Waals surface area contributed by atoms with Gasteiger partial charge in [-0.15, -0.1) is 0 Å². The fourth-order valence-corrected chi connectivity index (χ4v) is 5.53. The molecule has 5 atom stereocenters. The van der Waals surface area contributed by atoms with E-state index in [1.807, 2.05) is 37.3 Å². The van der Waals surface area contributed by atoms with Gasteiger partial charge in [-0.2, -0.15) is 0 Å². The van der Waals surface area contributed by atoms with Crippen molar-refractivity contribution in [3.8, 4) is 0 Å². The van der Waals surface area contributed by atoms with E-state index in [1.165, 1.54) is 20.8 Å². The maximum absolute atomic E-state index is 11.9. The van der Waals surface area contributed by atoms with Gasteiger partial charge in [0.25, 0.3) is 0 Å². The minimum absolute atomic E-state index is 0.153. The second-order valence-electron chi connectivity index (χ2n) is 6.34. The van der Waals surface area contributed by atoms with Crippen LogP contribution in [0.5, 0.6) is 0 Å².